The molecule has 2 aliphatic rings. The Bertz CT molecular complexity index is 1340. The van der Waals surface area contributed by atoms with E-state index in [1.54, 1.807) is 17.9 Å². The molecule has 10 heteroatoms. The van der Waals surface area contributed by atoms with E-state index in [9.17, 15) is 18.4 Å². The van der Waals surface area contributed by atoms with Crippen LogP contribution in [0.25, 0.3) is 22.3 Å². The molecular weight excluding hydrogens is 480 g/mol. The molecule has 2 atom stereocenters. The lowest BCUT2D eigenvalue weighted by Gasteiger charge is -2.20. The minimum absolute atomic E-state index is 0.0481. The molecule has 3 aromatic rings. The molecule has 1 aliphatic heterocycles. The fourth-order valence-electron chi connectivity index (χ4n) is 5.03. The van der Waals surface area contributed by atoms with Gasteiger partial charge in [0.1, 0.15) is 23.3 Å². The van der Waals surface area contributed by atoms with Crippen LogP contribution < -0.4 is 10.1 Å². The summed E-state index contributed by atoms with van der Waals surface area (Å²) in [6.07, 6.45) is 1.97. The number of benzene rings is 1. The Morgan fingerprint density at radius 3 is 2.76 bits per heavy atom. The van der Waals surface area contributed by atoms with Crippen molar-refractivity contribution in [1.82, 2.24) is 25.2 Å². The van der Waals surface area contributed by atoms with Gasteiger partial charge in [0.25, 0.3) is 12.3 Å². The van der Waals surface area contributed by atoms with Crippen molar-refractivity contribution in [3.05, 3.63) is 41.3 Å². The number of aromatic amines is 1. The van der Waals surface area contributed by atoms with Crippen molar-refractivity contribution >= 4 is 22.8 Å². The van der Waals surface area contributed by atoms with Crippen molar-refractivity contribution in [2.75, 3.05) is 13.2 Å². The van der Waals surface area contributed by atoms with Gasteiger partial charge in [-0.25, -0.2) is 18.7 Å². The van der Waals surface area contributed by atoms with Crippen molar-refractivity contribution in [2.45, 2.75) is 65.0 Å². The molecule has 2 fully saturated rings. The minimum Gasteiger partial charge on any atom is -0.493 e. The first-order chi connectivity index (χ1) is 17.8. The fourth-order valence-corrected chi connectivity index (χ4v) is 5.03. The Kier molecular flexibility index (Phi) is 6.83. The first-order valence-electron chi connectivity index (χ1n) is 12.8. The summed E-state index contributed by atoms with van der Waals surface area (Å²) in [6.45, 7) is 6.55. The van der Waals surface area contributed by atoms with Gasteiger partial charge in [-0.3, -0.25) is 9.59 Å². The van der Waals surface area contributed by atoms with Gasteiger partial charge in [0, 0.05) is 41.9 Å². The van der Waals surface area contributed by atoms with Crippen LogP contribution in [0.1, 0.15) is 67.6 Å². The molecule has 196 valence electrons. The number of rotatable bonds is 8. The van der Waals surface area contributed by atoms with E-state index in [2.05, 4.69) is 20.3 Å². The molecule has 2 N–H and O–H groups in total. The number of hydrogen-bond acceptors (Lipinski definition) is 5. The molecule has 1 saturated heterocycles. The van der Waals surface area contributed by atoms with Gasteiger partial charge in [0.2, 0.25) is 5.91 Å². The highest BCUT2D eigenvalue weighted by Crippen LogP contribution is 2.38. The van der Waals surface area contributed by atoms with Crippen LogP contribution in [0.5, 0.6) is 5.75 Å². The maximum Gasteiger partial charge on any atom is 0.263 e. The number of nitrogens with zero attached hydrogens (tertiary/aromatic N) is 3. The molecule has 5 rings (SSSR count). The number of carbonyl (C=O) groups excluding carboxylic acids is 2. The molecule has 8 nitrogen and oxygen atoms in total. The van der Waals surface area contributed by atoms with Crippen LogP contribution >= 0.6 is 0 Å². The summed E-state index contributed by atoms with van der Waals surface area (Å²) in [4.78, 5) is 39.3. The van der Waals surface area contributed by atoms with Crippen molar-refractivity contribution in [3.8, 4) is 17.0 Å². The summed E-state index contributed by atoms with van der Waals surface area (Å²) in [5, 5.41) is 3.05. The number of aromatic nitrogens is 3. The lowest BCUT2D eigenvalue weighted by Crippen LogP contribution is -2.39. The molecular formula is C27H31F2N5O3. The standard InChI is InChI=1S/C27H31F2N5O3/c1-4-21(35)34-11-18(9-14(34)2)33-27(36)22-15(3)32-25-23(30-13-31-24(22)25)19-10-17(26(28)29)7-8-20(19)37-12-16-5-6-16/h7-8,10,13-14,16,18,26,32H,4-6,9,11-12H2,1-3H3,(H,33,36)/t14-,18+/m0/s1. The minimum atomic E-state index is -2.65. The zero-order valence-electron chi connectivity index (χ0n) is 21.2. The molecule has 0 bridgehead atoms. The number of ether oxygens (including phenoxy) is 1. The number of H-pyrrole nitrogens is 1. The first-order valence-corrected chi connectivity index (χ1v) is 12.8. The molecule has 0 spiro atoms. The summed E-state index contributed by atoms with van der Waals surface area (Å²) >= 11 is 0. The van der Waals surface area contributed by atoms with Crippen molar-refractivity contribution in [2.24, 2.45) is 5.92 Å². The number of alkyl halides is 2. The first kappa shape index (κ1) is 25.1. The number of nitrogens with one attached hydrogen (secondary N) is 2. The predicted octanol–water partition coefficient (Wildman–Crippen LogP) is 4.79. The Labute approximate surface area is 213 Å². The van der Waals surface area contributed by atoms with Gasteiger partial charge in [0.15, 0.2) is 0 Å². The van der Waals surface area contributed by atoms with Gasteiger partial charge in [-0.05, 0) is 57.2 Å². The van der Waals surface area contributed by atoms with Gasteiger partial charge >= 0.3 is 0 Å². The summed E-state index contributed by atoms with van der Waals surface area (Å²) < 4.78 is 33.1. The van der Waals surface area contributed by atoms with E-state index < -0.39 is 6.43 Å². The van der Waals surface area contributed by atoms with Crippen LogP contribution in [0.3, 0.4) is 0 Å². The molecule has 1 saturated carbocycles. The van der Waals surface area contributed by atoms with E-state index in [1.807, 2.05) is 13.8 Å². The number of aryl methyl sites for hydroxylation is 1. The second kappa shape index (κ2) is 10.1. The average Bonchev–Trinajstić information content (AvgIpc) is 3.54. The van der Waals surface area contributed by atoms with Gasteiger partial charge in [0.05, 0.1) is 17.7 Å². The van der Waals surface area contributed by atoms with E-state index in [0.29, 0.717) is 71.2 Å². The third-order valence-electron chi connectivity index (χ3n) is 7.21. The number of amides is 2. The summed E-state index contributed by atoms with van der Waals surface area (Å²) in [5.41, 5.74) is 2.54. The van der Waals surface area contributed by atoms with Gasteiger partial charge < -0.3 is 19.9 Å². The Morgan fingerprint density at radius 1 is 1.27 bits per heavy atom. The van der Waals surface area contributed by atoms with Gasteiger partial charge in [-0.2, -0.15) is 0 Å². The van der Waals surface area contributed by atoms with Crippen molar-refractivity contribution in [1.29, 1.82) is 0 Å². The quantitative estimate of drug-likeness (QED) is 0.453. The highest BCUT2D eigenvalue weighted by atomic mass is 19.3. The summed E-state index contributed by atoms with van der Waals surface area (Å²) in [7, 11) is 0. The number of carbonyl (C=O) groups is 2. The van der Waals surface area contributed by atoms with Crippen LogP contribution in [0, 0.1) is 12.8 Å². The summed E-state index contributed by atoms with van der Waals surface area (Å²) in [6, 6.07) is 4.19. The lowest BCUT2D eigenvalue weighted by molar-refractivity contribution is -0.131. The van der Waals surface area contributed by atoms with Crippen molar-refractivity contribution < 1.29 is 23.1 Å². The molecule has 2 amide bonds. The topological polar surface area (TPSA) is 100 Å². The zero-order valence-corrected chi connectivity index (χ0v) is 21.2. The SMILES string of the molecule is CCC(=O)N1C[C@H](NC(=O)c2c(C)[nH]c3c(-c4cc(C(F)F)ccc4OCC4CC4)ncnc23)C[C@@H]1C. The molecule has 0 radical (unpaired) electrons. The molecule has 3 heterocycles. The van der Waals surface area contributed by atoms with E-state index in [-0.39, 0.29) is 29.5 Å². The Morgan fingerprint density at radius 2 is 2.05 bits per heavy atom. The van der Waals surface area contributed by atoms with Crippen LogP contribution in [0.4, 0.5) is 8.78 Å². The number of fused-ring (bicyclic) bond motifs is 1. The monoisotopic (exact) mass is 511 g/mol. The largest absolute Gasteiger partial charge is 0.493 e. The molecule has 37 heavy (non-hydrogen) atoms. The third kappa shape index (κ3) is 5.01. The van der Waals surface area contributed by atoms with E-state index in [1.165, 1.54) is 18.5 Å². The smallest absolute Gasteiger partial charge is 0.263 e. The van der Waals surface area contributed by atoms with Crippen LogP contribution in [0.15, 0.2) is 24.5 Å². The highest BCUT2D eigenvalue weighted by Gasteiger charge is 2.33. The van der Waals surface area contributed by atoms with E-state index in [4.69, 9.17) is 4.74 Å². The molecule has 2 aromatic heterocycles. The average molecular weight is 512 g/mol. The molecule has 1 aliphatic carbocycles. The molecule has 0 unspecified atom stereocenters. The maximum absolute atomic E-state index is 13.6. The van der Waals surface area contributed by atoms with Crippen LogP contribution in [0.2, 0.25) is 0 Å². The van der Waals surface area contributed by atoms with Crippen LogP contribution in [-0.2, 0) is 4.79 Å². The van der Waals surface area contributed by atoms with E-state index in [0.717, 1.165) is 12.8 Å². The molecule has 1 aromatic carbocycles. The number of likely N-dealkylation sites (tertiary alicyclic amines) is 1. The second-order valence-corrected chi connectivity index (χ2v) is 10.0. The van der Waals surface area contributed by atoms with Gasteiger partial charge in [-0.15, -0.1) is 0 Å². The fraction of sp³-hybridized carbons (Fsp3) is 0.481. The predicted molar refractivity (Wildman–Crippen MR) is 135 cm³/mol. The highest BCUT2D eigenvalue weighted by molar-refractivity contribution is 6.09. The van der Waals surface area contributed by atoms with Gasteiger partial charge in [-0.1, -0.05) is 6.92 Å². The lowest BCUT2D eigenvalue weighted by atomic mass is 10.0. The zero-order chi connectivity index (χ0) is 26.3. The maximum atomic E-state index is 13.6. The number of hydrogen-bond donors (Lipinski definition) is 2. The Balaban J connectivity index is 1.47. The Hall–Kier alpha value is -3.56. The van der Waals surface area contributed by atoms with E-state index >= 15 is 0 Å². The normalized spacial score (nSPS) is 19.6. The van der Waals surface area contributed by atoms with Crippen LogP contribution in [-0.4, -0.2) is 56.9 Å². The van der Waals surface area contributed by atoms with Crippen molar-refractivity contribution in [3.63, 3.8) is 0 Å². The summed E-state index contributed by atoms with van der Waals surface area (Å²) in [5.74, 6) is 0.715. The third-order valence-corrected chi connectivity index (χ3v) is 7.21. The second-order valence-electron chi connectivity index (χ2n) is 10.0. The number of halogens is 2.